The van der Waals surface area contributed by atoms with Gasteiger partial charge in [-0.05, 0) is 51.5 Å². The van der Waals surface area contributed by atoms with Crippen molar-refractivity contribution >= 4 is 23.7 Å². The number of nitrogens with zero attached hydrogens (tertiary/aromatic N) is 2. The van der Waals surface area contributed by atoms with Gasteiger partial charge >= 0.3 is 5.97 Å². The van der Waals surface area contributed by atoms with Crippen molar-refractivity contribution in [3.05, 3.63) is 0 Å². The first-order chi connectivity index (χ1) is 15.8. The second kappa shape index (κ2) is 14.0. The van der Waals surface area contributed by atoms with E-state index in [1.54, 1.807) is 11.8 Å². The van der Waals surface area contributed by atoms with Crippen molar-refractivity contribution < 1.29 is 19.1 Å². The normalized spacial score (nSPS) is 19.0. The molecule has 0 radical (unpaired) electrons. The SMILES string of the molecule is CCCCN[C@@H](CC(=O)NC[C@@H]1CCCN(C(=N)N)C1)C(=O)N(CCC(=O)OCC)C1CC1. The molecule has 0 aromatic heterocycles. The summed E-state index contributed by atoms with van der Waals surface area (Å²) in [5.74, 6) is -0.288. The summed E-state index contributed by atoms with van der Waals surface area (Å²) >= 11 is 0. The number of nitrogens with two attached hydrogens (primary N) is 1. The number of unbranched alkanes of at least 4 members (excludes halogenated alkanes) is 1. The summed E-state index contributed by atoms with van der Waals surface area (Å²) in [4.78, 5) is 41.5. The van der Waals surface area contributed by atoms with E-state index in [0.717, 1.165) is 45.1 Å². The van der Waals surface area contributed by atoms with E-state index in [0.29, 0.717) is 32.8 Å². The number of ether oxygens (including phenoxy) is 1. The highest BCUT2D eigenvalue weighted by molar-refractivity contribution is 5.89. The fourth-order valence-corrected chi connectivity index (χ4v) is 4.17. The fraction of sp³-hybridized carbons (Fsp3) is 0.826. The van der Waals surface area contributed by atoms with Crippen molar-refractivity contribution in [1.82, 2.24) is 20.4 Å². The predicted molar refractivity (Wildman–Crippen MR) is 127 cm³/mol. The molecule has 1 aliphatic heterocycles. The second-order valence-corrected chi connectivity index (χ2v) is 9.03. The monoisotopic (exact) mass is 466 g/mol. The largest absolute Gasteiger partial charge is 0.466 e. The zero-order valence-electron chi connectivity index (χ0n) is 20.2. The van der Waals surface area contributed by atoms with Crippen LogP contribution in [0.5, 0.6) is 0 Å². The summed E-state index contributed by atoms with van der Waals surface area (Å²) in [7, 11) is 0. The van der Waals surface area contributed by atoms with Gasteiger partial charge in [0.2, 0.25) is 11.8 Å². The minimum absolute atomic E-state index is 0.0638. The topological polar surface area (TPSA) is 141 Å². The Labute approximate surface area is 197 Å². The molecule has 2 rings (SSSR count). The third-order valence-electron chi connectivity index (χ3n) is 6.19. The van der Waals surface area contributed by atoms with Gasteiger partial charge in [-0.15, -0.1) is 0 Å². The van der Waals surface area contributed by atoms with Crippen molar-refractivity contribution in [2.24, 2.45) is 11.7 Å². The molecular weight excluding hydrogens is 424 g/mol. The molecule has 0 aromatic carbocycles. The third-order valence-corrected chi connectivity index (χ3v) is 6.19. The van der Waals surface area contributed by atoms with Crippen LogP contribution in [0.25, 0.3) is 0 Å². The molecule has 1 saturated carbocycles. The Kier molecular flexibility index (Phi) is 11.4. The minimum Gasteiger partial charge on any atom is -0.466 e. The van der Waals surface area contributed by atoms with Gasteiger partial charge in [-0.1, -0.05) is 13.3 Å². The Bertz CT molecular complexity index is 669. The van der Waals surface area contributed by atoms with Gasteiger partial charge in [-0.2, -0.15) is 0 Å². The summed E-state index contributed by atoms with van der Waals surface area (Å²) in [6.45, 7) is 7.09. The highest BCUT2D eigenvalue weighted by Gasteiger charge is 2.36. The molecule has 2 atom stereocenters. The molecule has 0 bridgehead atoms. The van der Waals surface area contributed by atoms with Crippen molar-refractivity contribution in [3.63, 3.8) is 0 Å². The number of likely N-dealkylation sites (tertiary alicyclic amines) is 1. The van der Waals surface area contributed by atoms with E-state index >= 15 is 0 Å². The number of hydrogen-bond donors (Lipinski definition) is 4. The number of carbonyl (C=O) groups is 3. The van der Waals surface area contributed by atoms with Crippen LogP contribution < -0.4 is 16.4 Å². The lowest BCUT2D eigenvalue weighted by Crippen LogP contribution is -2.51. The molecule has 10 heteroatoms. The van der Waals surface area contributed by atoms with Crippen molar-refractivity contribution in [2.45, 2.75) is 77.3 Å². The highest BCUT2D eigenvalue weighted by atomic mass is 16.5. The zero-order chi connectivity index (χ0) is 24.2. The van der Waals surface area contributed by atoms with Gasteiger partial charge in [-0.25, -0.2) is 0 Å². The number of guanidine groups is 1. The van der Waals surface area contributed by atoms with Crippen LogP contribution in [0.1, 0.15) is 65.2 Å². The molecule has 0 spiro atoms. The van der Waals surface area contributed by atoms with Crippen LogP contribution in [0.2, 0.25) is 0 Å². The van der Waals surface area contributed by atoms with E-state index < -0.39 is 6.04 Å². The Morgan fingerprint density at radius 2 is 2.00 bits per heavy atom. The van der Waals surface area contributed by atoms with Gasteiger partial charge in [-0.3, -0.25) is 19.8 Å². The highest BCUT2D eigenvalue weighted by Crippen LogP contribution is 2.28. The number of piperidine rings is 1. The van der Waals surface area contributed by atoms with Gasteiger partial charge in [0.15, 0.2) is 5.96 Å². The van der Waals surface area contributed by atoms with Gasteiger partial charge < -0.3 is 30.9 Å². The summed E-state index contributed by atoms with van der Waals surface area (Å²) < 4.78 is 5.01. The molecule has 1 heterocycles. The molecular formula is C23H42N6O4. The van der Waals surface area contributed by atoms with Crippen LogP contribution in [0.4, 0.5) is 0 Å². The molecule has 2 fully saturated rings. The smallest absolute Gasteiger partial charge is 0.307 e. The predicted octanol–water partition coefficient (Wildman–Crippen LogP) is 0.801. The van der Waals surface area contributed by atoms with Gasteiger partial charge in [0, 0.05) is 32.2 Å². The number of esters is 1. The summed E-state index contributed by atoms with van der Waals surface area (Å²) in [6.07, 6.45) is 5.91. The summed E-state index contributed by atoms with van der Waals surface area (Å²) in [5.41, 5.74) is 5.60. The number of hydrogen-bond acceptors (Lipinski definition) is 6. The van der Waals surface area contributed by atoms with Crippen molar-refractivity contribution in [3.8, 4) is 0 Å². The fourth-order valence-electron chi connectivity index (χ4n) is 4.17. The van der Waals surface area contributed by atoms with Gasteiger partial charge in [0.05, 0.1) is 25.5 Å². The first-order valence-electron chi connectivity index (χ1n) is 12.4. The van der Waals surface area contributed by atoms with E-state index in [9.17, 15) is 14.4 Å². The lowest BCUT2D eigenvalue weighted by molar-refractivity contribution is -0.144. The second-order valence-electron chi connectivity index (χ2n) is 9.03. The maximum atomic E-state index is 13.3. The summed E-state index contributed by atoms with van der Waals surface area (Å²) in [6, 6.07) is -0.468. The lowest BCUT2D eigenvalue weighted by Gasteiger charge is -2.33. The molecule has 0 unspecified atom stereocenters. The van der Waals surface area contributed by atoms with E-state index in [2.05, 4.69) is 17.6 Å². The van der Waals surface area contributed by atoms with E-state index in [1.807, 2.05) is 4.90 Å². The number of rotatable bonds is 14. The Hall–Kier alpha value is -2.36. The molecule has 2 aliphatic rings. The standard InChI is InChI=1S/C23H42N6O4/c1-3-5-11-26-19(22(32)29(18-8-9-18)13-10-21(31)33-4-2)14-20(30)27-15-17-7-6-12-28(16-17)23(24)25/h17-19,26H,3-16H2,1-2H3,(H3,24,25)(H,27,30)/t17-,19-/m0/s1. The van der Waals surface area contributed by atoms with Crippen LogP contribution >= 0.6 is 0 Å². The lowest BCUT2D eigenvalue weighted by atomic mass is 9.98. The van der Waals surface area contributed by atoms with E-state index in [1.165, 1.54) is 0 Å². The molecule has 0 aromatic rings. The Morgan fingerprint density at radius 3 is 2.64 bits per heavy atom. The molecule has 2 amide bonds. The number of carbonyl (C=O) groups excluding carboxylic acids is 3. The van der Waals surface area contributed by atoms with E-state index in [4.69, 9.17) is 15.9 Å². The average Bonchev–Trinajstić information content (AvgIpc) is 3.63. The first kappa shape index (κ1) is 26.9. The zero-order valence-corrected chi connectivity index (χ0v) is 20.2. The maximum absolute atomic E-state index is 13.3. The van der Waals surface area contributed by atoms with Crippen molar-refractivity contribution in [1.29, 1.82) is 5.41 Å². The van der Waals surface area contributed by atoms with Gasteiger partial charge in [0.1, 0.15) is 0 Å². The number of amides is 2. The van der Waals surface area contributed by atoms with Crippen LogP contribution in [0.15, 0.2) is 0 Å². The molecule has 10 nitrogen and oxygen atoms in total. The van der Waals surface area contributed by atoms with Crippen LogP contribution in [-0.2, 0) is 19.1 Å². The van der Waals surface area contributed by atoms with Gasteiger partial charge in [0.25, 0.3) is 0 Å². The number of nitrogens with one attached hydrogen (secondary N) is 3. The molecule has 188 valence electrons. The first-order valence-corrected chi connectivity index (χ1v) is 12.4. The summed E-state index contributed by atoms with van der Waals surface area (Å²) in [5, 5.41) is 13.9. The Balaban J connectivity index is 1.91. The molecule has 33 heavy (non-hydrogen) atoms. The quantitative estimate of drug-likeness (QED) is 0.128. The van der Waals surface area contributed by atoms with Crippen LogP contribution in [0.3, 0.4) is 0 Å². The van der Waals surface area contributed by atoms with Crippen LogP contribution in [0, 0.1) is 11.3 Å². The molecule has 1 saturated heterocycles. The minimum atomic E-state index is -0.612. The Morgan fingerprint density at radius 1 is 1.24 bits per heavy atom. The van der Waals surface area contributed by atoms with Crippen LogP contribution in [-0.4, -0.2) is 85.0 Å². The van der Waals surface area contributed by atoms with E-state index in [-0.39, 0.29) is 48.5 Å². The van der Waals surface area contributed by atoms with Crippen molar-refractivity contribution in [2.75, 3.05) is 39.3 Å². The molecule has 5 N–H and O–H groups in total. The average molecular weight is 467 g/mol. The molecule has 1 aliphatic carbocycles. The maximum Gasteiger partial charge on any atom is 0.307 e. The third kappa shape index (κ3) is 9.57.